The molecule has 30 heavy (non-hydrogen) atoms. The summed E-state index contributed by atoms with van der Waals surface area (Å²) in [5, 5.41) is 0. The molecule has 0 N–H and O–H groups in total. The smallest absolute Gasteiger partial charge is 0.343 e. The van der Waals surface area contributed by atoms with Crippen LogP contribution in [0.2, 0.25) is 0 Å². The summed E-state index contributed by atoms with van der Waals surface area (Å²) in [6, 6.07) is 19.7. The van der Waals surface area contributed by atoms with Crippen LogP contribution in [-0.2, 0) is 5.41 Å². The van der Waals surface area contributed by atoms with Crippen LogP contribution in [0.4, 0.5) is 0 Å². The number of esters is 2. The Morgan fingerprint density at radius 1 is 0.667 bits per heavy atom. The first kappa shape index (κ1) is 21.3. The minimum atomic E-state index is -0.496. The molecule has 0 radical (unpaired) electrons. The molecule has 0 fully saturated rings. The van der Waals surface area contributed by atoms with Gasteiger partial charge in [-0.2, -0.15) is 0 Å². The molecule has 4 nitrogen and oxygen atoms in total. The van der Waals surface area contributed by atoms with Crippen LogP contribution in [0.25, 0.3) is 0 Å². The molecule has 3 aromatic carbocycles. The van der Waals surface area contributed by atoms with Gasteiger partial charge in [0.25, 0.3) is 0 Å². The summed E-state index contributed by atoms with van der Waals surface area (Å²) in [7, 11) is 0. The second-order valence-corrected chi connectivity index (χ2v) is 8.32. The maximum Gasteiger partial charge on any atom is 0.343 e. The van der Waals surface area contributed by atoms with Gasteiger partial charge in [-0.1, -0.05) is 63.2 Å². The molecule has 0 unspecified atom stereocenters. The van der Waals surface area contributed by atoms with E-state index in [-0.39, 0.29) is 16.9 Å². The maximum absolute atomic E-state index is 12.8. The van der Waals surface area contributed by atoms with E-state index in [2.05, 4.69) is 20.8 Å². The number of hydrogen-bond acceptors (Lipinski definition) is 4. The Morgan fingerprint density at radius 2 is 1.13 bits per heavy atom. The summed E-state index contributed by atoms with van der Waals surface area (Å²) in [6.45, 7) is 9.89. The minimum absolute atomic E-state index is 0.164. The normalized spacial score (nSPS) is 11.1. The van der Waals surface area contributed by atoms with E-state index in [0.29, 0.717) is 11.1 Å². The summed E-state index contributed by atoms with van der Waals surface area (Å²) in [4.78, 5) is 25.5. The topological polar surface area (TPSA) is 52.6 Å². The second kappa shape index (κ2) is 8.54. The van der Waals surface area contributed by atoms with Gasteiger partial charge in [0.1, 0.15) is 0 Å². The number of carbonyl (C=O) groups excluding carboxylic acids is 2. The summed E-state index contributed by atoms with van der Waals surface area (Å²) in [5.41, 5.74) is 3.36. The molecule has 0 bridgehead atoms. The SMILES string of the molecule is Cc1ccccc1C(=O)Oc1ccc(C(C)(C)C)cc1OC(=O)c1ccccc1C. The molecular formula is C26H26O4. The Labute approximate surface area is 177 Å². The third-order valence-corrected chi connectivity index (χ3v) is 4.95. The molecule has 4 heteroatoms. The number of hydrogen-bond donors (Lipinski definition) is 0. The molecule has 0 saturated heterocycles. The largest absolute Gasteiger partial charge is 0.419 e. The van der Waals surface area contributed by atoms with Gasteiger partial charge in [-0.15, -0.1) is 0 Å². The number of ether oxygens (including phenoxy) is 2. The lowest BCUT2D eigenvalue weighted by Crippen LogP contribution is -2.16. The van der Waals surface area contributed by atoms with Crippen molar-refractivity contribution in [2.75, 3.05) is 0 Å². The fraction of sp³-hybridized carbons (Fsp3) is 0.231. The molecule has 0 amide bonds. The van der Waals surface area contributed by atoms with E-state index in [4.69, 9.17) is 9.47 Å². The highest BCUT2D eigenvalue weighted by molar-refractivity contribution is 5.94. The van der Waals surface area contributed by atoms with Crippen LogP contribution >= 0.6 is 0 Å². The van der Waals surface area contributed by atoms with Gasteiger partial charge >= 0.3 is 11.9 Å². The molecule has 0 spiro atoms. The van der Waals surface area contributed by atoms with Crippen molar-refractivity contribution in [1.29, 1.82) is 0 Å². The van der Waals surface area contributed by atoms with Gasteiger partial charge in [-0.3, -0.25) is 0 Å². The van der Waals surface area contributed by atoms with Crippen LogP contribution in [-0.4, -0.2) is 11.9 Å². The second-order valence-electron chi connectivity index (χ2n) is 8.32. The standard InChI is InChI=1S/C26H26O4/c1-17-10-6-8-12-20(17)24(27)29-22-15-14-19(26(3,4)5)16-23(22)30-25(28)21-13-9-7-11-18(21)2/h6-16H,1-5H3. The van der Waals surface area contributed by atoms with E-state index >= 15 is 0 Å². The van der Waals surface area contributed by atoms with Gasteiger partial charge in [0.2, 0.25) is 0 Å². The van der Waals surface area contributed by atoms with Crippen LogP contribution in [0, 0.1) is 13.8 Å². The number of rotatable bonds is 4. The van der Waals surface area contributed by atoms with Crippen LogP contribution in [0.5, 0.6) is 11.5 Å². The zero-order valence-electron chi connectivity index (χ0n) is 18.0. The molecule has 3 aromatic rings. The minimum Gasteiger partial charge on any atom is -0.419 e. The van der Waals surface area contributed by atoms with Gasteiger partial charge in [0.05, 0.1) is 11.1 Å². The fourth-order valence-corrected chi connectivity index (χ4v) is 3.05. The van der Waals surface area contributed by atoms with E-state index in [1.54, 1.807) is 36.4 Å². The van der Waals surface area contributed by atoms with Crippen molar-refractivity contribution in [3.63, 3.8) is 0 Å². The zero-order chi connectivity index (χ0) is 21.9. The van der Waals surface area contributed by atoms with Crippen molar-refractivity contribution in [2.45, 2.75) is 40.0 Å². The van der Waals surface area contributed by atoms with E-state index in [9.17, 15) is 9.59 Å². The lowest BCUT2D eigenvalue weighted by molar-refractivity contribution is 0.0681. The highest BCUT2D eigenvalue weighted by atomic mass is 16.6. The molecule has 0 atom stereocenters. The van der Waals surface area contributed by atoms with Crippen molar-refractivity contribution in [3.8, 4) is 11.5 Å². The van der Waals surface area contributed by atoms with E-state index in [1.165, 1.54) is 0 Å². The van der Waals surface area contributed by atoms with Gasteiger partial charge in [0.15, 0.2) is 11.5 Å². The summed E-state index contributed by atoms with van der Waals surface area (Å²) >= 11 is 0. The monoisotopic (exact) mass is 402 g/mol. The molecule has 0 heterocycles. The Bertz CT molecular complexity index is 1090. The summed E-state index contributed by atoms with van der Waals surface area (Å²) in [5.74, 6) is -0.562. The van der Waals surface area contributed by atoms with Crippen LogP contribution < -0.4 is 9.47 Å². The predicted octanol–water partition coefficient (Wildman–Crippen LogP) is 6.04. The molecular weight excluding hydrogens is 376 g/mol. The van der Waals surface area contributed by atoms with Gasteiger partial charge in [-0.25, -0.2) is 9.59 Å². The first-order chi connectivity index (χ1) is 14.2. The first-order valence-corrected chi connectivity index (χ1v) is 9.87. The molecule has 0 aromatic heterocycles. The van der Waals surface area contributed by atoms with Crippen molar-refractivity contribution < 1.29 is 19.1 Å². The maximum atomic E-state index is 12.8. The van der Waals surface area contributed by atoms with Crippen LogP contribution in [0.3, 0.4) is 0 Å². The third-order valence-electron chi connectivity index (χ3n) is 4.95. The molecule has 0 aliphatic carbocycles. The number of benzene rings is 3. The van der Waals surface area contributed by atoms with Crippen molar-refractivity contribution >= 4 is 11.9 Å². The number of aryl methyl sites for hydroxylation is 2. The van der Waals surface area contributed by atoms with Crippen molar-refractivity contribution in [1.82, 2.24) is 0 Å². The molecule has 0 saturated carbocycles. The van der Waals surface area contributed by atoms with Crippen molar-refractivity contribution in [2.24, 2.45) is 0 Å². The van der Waals surface area contributed by atoms with Crippen LogP contribution in [0.15, 0.2) is 66.7 Å². The van der Waals surface area contributed by atoms with E-state index in [0.717, 1.165) is 16.7 Å². The lowest BCUT2D eigenvalue weighted by Gasteiger charge is -2.21. The summed E-state index contributed by atoms with van der Waals surface area (Å²) < 4.78 is 11.3. The van der Waals surface area contributed by atoms with E-state index in [1.807, 2.05) is 44.2 Å². The Kier molecular flexibility index (Phi) is 6.06. The number of carbonyl (C=O) groups is 2. The first-order valence-electron chi connectivity index (χ1n) is 9.87. The average molecular weight is 402 g/mol. The zero-order valence-corrected chi connectivity index (χ0v) is 18.0. The highest BCUT2D eigenvalue weighted by Crippen LogP contribution is 2.34. The molecule has 154 valence electrons. The molecule has 3 rings (SSSR count). The molecule has 0 aliphatic heterocycles. The van der Waals surface area contributed by atoms with Gasteiger partial charge < -0.3 is 9.47 Å². The Hall–Kier alpha value is -3.40. The van der Waals surface area contributed by atoms with Crippen molar-refractivity contribution in [3.05, 3.63) is 94.5 Å². The molecule has 0 aliphatic rings. The van der Waals surface area contributed by atoms with E-state index < -0.39 is 11.9 Å². The fourth-order valence-electron chi connectivity index (χ4n) is 3.05. The quantitative estimate of drug-likeness (QED) is 0.394. The summed E-state index contributed by atoms with van der Waals surface area (Å²) in [6.07, 6.45) is 0. The average Bonchev–Trinajstić information content (AvgIpc) is 2.69. The third kappa shape index (κ3) is 4.77. The lowest BCUT2D eigenvalue weighted by atomic mass is 9.87. The van der Waals surface area contributed by atoms with Gasteiger partial charge in [0, 0.05) is 0 Å². The van der Waals surface area contributed by atoms with Gasteiger partial charge in [-0.05, 0) is 60.2 Å². The van der Waals surface area contributed by atoms with Crippen LogP contribution in [0.1, 0.15) is 58.2 Å². The predicted molar refractivity (Wildman–Crippen MR) is 117 cm³/mol. The Balaban J connectivity index is 1.97. The Morgan fingerprint density at radius 3 is 1.60 bits per heavy atom. The highest BCUT2D eigenvalue weighted by Gasteiger charge is 2.22.